The van der Waals surface area contributed by atoms with Crippen molar-refractivity contribution >= 4 is 0 Å². The molecule has 1 saturated heterocycles. The van der Waals surface area contributed by atoms with Crippen LogP contribution in [0.5, 0.6) is 0 Å². The molecule has 0 aromatic carbocycles. The third-order valence-electron chi connectivity index (χ3n) is 3.99. The first-order valence-corrected chi connectivity index (χ1v) is 7.02. The smallest absolute Gasteiger partial charge is 0.0948 e. The van der Waals surface area contributed by atoms with Crippen LogP contribution in [0.15, 0.2) is 24.8 Å². The second kappa shape index (κ2) is 5.57. The van der Waals surface area contributed by atoms with Crippen molar-refractivity contribution in [3.8, 4) is 0 Å². The summed E-state index contributed by atoms with van der Waals surface area (Å²) in [5, 5.41) is 7.68. The normalized spacial score (nSPS) is 19.7. The summed E-state index contributed by atoms with van der Waals surface area (Å²) in [4.78, 5) is 4.33. The van der Waals surface area contributed by atoms with E-state index in [0.717, 1.165) is 26.1 Å². The highest BCUT2D eigenvalue weighted by molar-refractivity contribution is 5.09. The zero-order valence-corrected chi connectivity index (χ0v) is 11.4. The van der Waals surface area contributed by atoms with Gasteiger partial charge in [-0.3, -0.25) is 4.68 Å². The third-order valence-corrected chi connectivity index (χ3v) is 3.99. The van der Waals surface area contributed by atoms with E-state index in [4.69, 9.17) is 0 Å². The van der Waals surface area contributed by atoms with E-state index in [0.29, 0.717) is 5.92 Å². The van der Waals surface area contributed by atoms with Crippen molar-refractivity contribution in [3.05, 3.63) is 36.2 Å². The van der Waals surface area contributed by atoms with Gasteiger partial charge in [0.1, 0.15) is 0 Å². The van der Waals surface area contributed by atoms with E-state index in [9.17, 15) is 0 Å². The van der Waals surface area contributed by atoms with E-state index in [1.54, 1.807) is 0 Å². The molecule has 102 valence electrons. The Bertz CT molecular complexity index is 521. The van der Waals surface area contributed by atoms with E-state index in [-0.39, 0.29) is 0 Å². The summed E-state index contributed by atoms with van der Waals surface area (Å²) in [7, 11) is 2.00. The van der Waals surface area contributed by atoms with Crippen LogP contribution in [0.25, 0.3) is 0 Å². The van der Waals surface area contributed by atoms with Crippen LogP contribution in [0.2, 0.25) is 0 Å². The molecule has 19 heavy (non-hydrogen) atoms. The number of hydrogen-bond donors (Lipinski definition) is 1. The average molecular weight is 259 g/mol. The van der Waals surface area contributed by atoms with E-state index in [1.807, 2.05) is 30.5 Å². The molecule has 2 aromatic heterocycles. The number of aryl methyl sites for hydroxylation is 3. The Morgan fingerprint density at radius 2 is 2.42 bits per heavy atom. The Balaban J connectivity index is 1.68. The molecule has 1 N–H and O–H groups in total. The number of nitrogens with one attached hydrogen (secondary N) is 1. The molecule has 5 heteroatoms. The van der Waals surface area contributed by atoms with Crippen LogP contribution < -0.4 is 5.32 Å². The molecule has 0 aliphatic carbocycles. The number of piperidine rings is 1. The topological polar surface area (TPSA) is 47.7 Å². The first-order valence-electron chi connectivity index (χ1n) is 7.02. The maximum Gasteiger partial charge on any atom is 0.0948 e. The van der Waals surface area contributed by atoms with Gasteiger partial charge in [-0.2, -0.15) is 5.10 Å². The maximum absolute atomic E-state index is 4.33. The van der Waals surface area contributed by atoms with Gasteiger partial charge in [0, 0.05) is 56.3 Å². The number of aromatic nitrogens is 4. The second-order valence-corrected chi connectivity index (χ2v) is 5.25. The van der Waals surface area contributed by atoms with E-state index >= 15 is 0 Å². The predicted molar refractivity (Wildman–Crippen MR) is 74.0 cm³/mol. The molecule has 0 saturated carbocycles. The largest absolute Gasteiger partial charge is 0.334 e. The summed E-state index contributed by atoms with van der Waals surface area (Å²) >= 11 is 0. The standard InChI is InChI=1S/C14H21N5/c1-18-13(4-7-17-18)5-8-19-11-16-10-14(19)12-3-2-6-15-9-12/h4,7,10-12,15H,2-3,5-6,8-9H2,1H3. The average Bonchev–Trinajstić information content (AvgIpc) is 3.06. The maximum atomic E-state index is 4.33. The van der Waals surface area contributed by atoms with Crippen molar-refractivity contribution in [2.75, 3.05) is 13.1 Å². The van der Waals surface area contributed by atoms with Gasteiger partial charge in [-0.1, -0.05) is 0 Å². The van der Waals surface area contributed by atoms with Gasteiger partial charge in [-0.15, -0.1) is 0 Å². The molecule has 3 heterocycles. The molecule has 1 fully saturated rings. The van der Waals surface area contributed by atoms with Crippen LogP contribution in [0.4, 0.5) is 0 Å². The molecule has 0 bridgehead atoms. The minimum absolute atomic E-state index is 0.614. The van der Waals surface area contributed by atoms with Crippen molar-refractivity contribution in [3.63, 3.8) is 0 Å². The number of rotatable bonds is 4. The lowest BCUT2D eigenvalue weighted by atomic mass is 9.96. The van der Waals surface area contributed by atoms with Crippen LogP contribution in [-0.4, -0.2) is 32.4 Å². The molecule has 3 rings (SSSR count). The van der Waals surface area contributed by atoms with Crippen LogP contribution in [0.1, 0.15) is 30.1 Å². The van der Waals surface area contributed by atoms with Gasteiger partial charge in [0.25, 0.3) is 0 Å². The summed E-state index contributed by atoms with van der Waals surface area (Å²) in [6.07, 6.45) is 9.37. The Kier molecular flexibility index (Phi) is 3.64. The first kappa shape index (κ1) is 12.4. The Morgan fingerprint density at radius 1 is 1.47 bits per heavy atom. The van der Waals surface area contributed by atoms with Crippen molar-refractivity contribution in [1.82, 2.24) is 24.6 Å². The molecule has 0 amide bonds. The molecule has 5 nitrogen and oxygen atoms in total. The third kappa shape index (κ3) is 2.71. The quantitative estimate of drug-likeness (QED) is 0.901. The Labute approximate surface area is 113 Å². The molecule has 1 atom stereocenters. The summed E-state index contributed by atoms with van der Waals surface area (Å²) in [5.74, 6) is 0.614. The molecule has 0 spiro atoms. The molecule has 0 radical (unpaired) electrons. The van der Waals surface area contributed by atoms with Crippen LogP contribution in [0.3, 0.4) is 0 Å². The minimum Gasteiger partial charge on any atom is -0.334 e. The SMILES string of the molecule is Cn1nccc1CCn1cncc1C1CCCNC1. The minimum atomic E-state index is 0.614. The Morgan fingerprint density at radius 3 is 3.16 bits per heavy atom. The van der Waals surface area contributed by atoms with Crippen LogP contribution in [-0.2, 0) is 20.0 Å². The van der Waals surface area contributed by atoms with Gasteiger partial charge in [0.15, 0.2) is 0 Å². The van der Waals surface area contributed by atoms with Gasteiger partial charge >= 0.3 is 0 Å². The monoisotopic (exact) mass is 259 g/mol. The number of nitrogens with zero attached hydrogens (tertiary/aromatic N) is 4. The van der Waals surface area contributed by atoms with Gasteiger partial charge < -0.3 is 9.88 Å². The highest BCUT2D eigenvalue weighted by atomic mass is 15.3. The van der Waals surface area contributed by atoms with Gasteiger partial charge in [0.05, 0.1) is 6.33 Å². The number of hydrogen-bond acceptors (Lipinski definition) is 3. The summed E-state index contributed by atoms with van der Waals surface area (Å²) in [6, 6.07) is 2.08. The highest BCUT2D eigenvalue weighted by Gasteiger charge is 2.18. The van der Waals surface area contributed by atoms with Crippen molar-refractivity contribution < 1.29 is 0 Å². The van der Waals surface area contributed by atoms with Gasteiger partial charge in [-0.05, 0) is 25.5 Å². The van der Waals surface area contributed by atoms with Crippen LogP contribution in [0, 0.1) is 0 Å². The van der Waals surface area contributed by atoms with Crippen molar-refractivity contribution in [1.29, 1.82) is 0 Å². The molecule has 2 aromatic rings. The number of imidazole rings is 1. The van der Waals surface area contributed by atoms with Crippen molar-refractivity contribution in [2.45, 2.75) is 31.7 Å². The first-order chi connectivity index (χ1) is 9.34. The fourth-order valence-electron chi connectivity index (χ4n) is 2.84. The van der Waals surface area contributed by atoms with Gasteiger partial charge in [-0.25, -0.2) is 4.98 Å². The van der Waals surface area contributed by atoms with E-state index < -0.39 is 0 Å². The summed E-state index contributed by atoms with van der Waals surface area (Å²) in [6.45, 7) is 3.21. The lowest BCUT2D eigenvalue weighted by Gasteiger charge is -2.23. The predicted octanol–water partition coefficient (Wildman–Crippen LogP) is 1.33. The Hall–Kier alpha value is -1.62. The second-order valence-electron chi connectivity index (χ2n) is 5.25. The lowest BCUT2D eigenvalue weighted by Crippen LogP contribution is -2.29. The molecular formula is C14H21N5. The van der Waals surface area contributed by atoms with Crippen molar-refractivity contribution in [2.24, 2.45) is 7.05 Å². The molecular weight excluding hydrogens is 238 g/mol. The zero-order chi connectivity index (χ0) is 13.1. The fraction of sp³-hybridized carbons (Fsp3) is 0.571. The summed E-state index contributed by atoms with van der Waals surface area (Å²) < 4.78 is 4.24. The highest BCUT2D eigenvalue weighted by Crippen LogP contribution is 2.23. The fourth-order valence-corrected chi connectivity index (χ4v) is 2.84. The van der Waals surface area contributed by atoms with E-state index in [2.05, 4.69) is 26.0 Å². The molecule has 1 unspecified atom stereocenters. The molecule has 1 aliphatic rings. The molecule has 1 aliphatic heterocycles. The summed E-state index contributed by atoms with van der Waals surface area (Å²) in [5.41, 5.74) is 2.63. The van der Waals surface area contributed by atoms with E-state index in [1.165, 1.54) is 24.2 Å². The van der Waals surface area contributed by atoms with Crippen LogP contribution >= 0.6 is 0 Å². The zero-order valence-electron chi connectivity index (χ0n) is 11.4. The lowest BCUT2D eigenvalue weighted by molar-refractivity contribution is 0.439. The van der Waals surface area contributed by atoms with Gasteiger partial charge in [0.2, 0.25) is 0 Å².